The van der Waals surface area contributed by atoms with Crippen molar-refractivity contribution in [2.24, 2.45) is 0 Å². The van der Waals surface area contributed by atoms with E-state index in [1.165, 1.54) is 24.3 Å². The first-order valence-corrected chi connectivity index (χ1v) is 10.5. The molecule has 0 fully saturated rings. The van der Waals surface area contributed by atoms with Crippen molar-refractivity contribution in [3.05, 3.63) is 90.0 Å². The average molecular weight is 411 g/mol. The molecule has 0 aliphatic heterocycles. The first-order valence-electron chi connectivity index (χ1n) is 8.98. The molecule has 1 atom stereocenters. The van der Waals surface area contributed by atoms with Gasteiger partial charge in [-0.3, -0.25) is 4.79 Å². The fraction of sp³-hybridized carbons (Fsp3) is 0.136. The molecular formula is C22H21NO5S. The largest absolute Gasteiger partial charge is 0.480 e. The normalized spacial score (nSPS) is 12.3. The van der Waals surface area contributed by atoms with Crippen LogP contribution in [0.25, 0.3) is 0 Å². The zero-order valence-electron chi connectivity index (χ0n) is 15.8. The van der Waals surface area contributed by atoms with E-state index in [2.05, 4.69) is 4.72 Å². The van der Waals surface area contributed by atoms with Gasteiger partial charge < -0.3 is 9.84 Å². The van der Waals surface area contributed by atoms with E-state index in [9.17, 15) is 18.3 Å². The first-order chi connectivity index (χ1) is 13.8. The quantitative estimate of drug-likeness (QED) is 0.589. The van der Waals surface area contributed by atoms with Crippen LogP contribution in [-0.2, 0) is 21.2 Å². The lowest BCUT2D eigenvalue weighted by atomic mass is 10.1. The van der Waals surface area contributed by atoms with Gasteiger partial charge in [-0.25, -0.2) is 8.42 Å². The number of para-hydroxylation sites is 1. The van der Waals surface area contributed by atoms with Crippen molar-refractivity contribution < 1.29 is 23.1 Å². The smallest absolute Gasteiger partial charge is 0.322 e. The molecule has 1 unspecified atom stereocenters. The molecule has 0 saturated carbocycles. The van der Waals surface area contributed by atoms with Gasteiger partial charge in [-0.15, -0.1) is 0 Å². The summed E-state index contributed by atoms with van der Waals surface area (Å²) in [6.07, 6.45) is 0.0455. The van der Waals surface area contributed by atoms with Crippen molar-refractivity contribution in [1.29, 1.82) is 0 Å². The van der Waals surface area contributed by atoms with Gasteiger partial charge in [0.15, 0.2) is 0 Å². The summed E-state index contributed by atoms with van der Waals surface area (Å²) in [5.41, 5.74) is 1.68. The lowest BCUT2D eigenvalue weighted by molar-refractivity contribution is -0.138. The molecule has 0 spiro atoms. The fourth-order valence-electron chi connectivity index (χ4n) is 2.77. The molecule has 0 aliphatic rings. The fourth-order valence-corrected chi connectivity index (χ4v) is 3.96. The molecule has 6 nitrogen and oxygen atoms in total. The van der Waals surface area contributed by atoms with Crippen LogP contribution in [0.15, 0.2) is 83.8 Å². The van der Waals surface area contributed by atoms with E-state index >= 15 is 0 Å². The van der Waals surface area contributed by atoms with Gasteiger partial charge >= 0.3 is 5.97 Å². The predicted molar refractivity (Wildman–Crippen MR) is 110 cm³/mol. The average Bonchev–Trinajstić information content (AvgIpc) is 2.70. The van der Waals surface area contributed by atoms with Gasteiger partial charge in [0, 0.05) is 0 Å². The van der Waals surface area contributed by atoms with Crippen molar-refractivity contribution in [3.8, 4) is 11.5 Å². The summed E-state index contributed by atoms with van der Waals surface area (Å²) < 4.78 is 33.3. The summed E-state index contributed by atoms with van der Waals surface area (Å²) in [5.74, 6) is -0.0794. The Morgan fingerprint density at radius 3 is 2.21 bits per heavy atom. The number of carboxylic acids is 1. The Morgan fingerprint density at radius 1 is 0.966 bits per heavy atom. The third-order valence-electron chi connectivity index (χ3n) is 4.33. The van der Waals surface area contributed by atoms with Gasteiger partial charge in [0.25, 0.3) is 0 Å². The van der Waals surface area contributed by atoms with Crippen LogP contribution in [0.5, 0.6) is 11.5 Å². The molecule has 2 N–H and O–H groups in total. The van der Waals surface area contributed by atoms with Crippen molar-refractivity contribution in [1.82, 2.24) is 4.72 Å². The molecular weight excluding hydrogens is 390 g/mol. The van der Waals surface area contributed by atoms with E-state index in [-0.39, 0.29) is 11.3 Å². The number of ether oxygens (including phenoxy) is 1. The molecule has 150 valence electrons. The van der Waals surface area contributed by atoms with Gasteiger partial charge in [0.05, 0.1) is 4.90 Å². The second-order valence-corrected chi connectivity index (χ2v) is 8.25. The zero-order chi connectivity index (χ0) is 20.9. The molecule has 3 aromatic carbocycles. The zero-order valence-corrected chi connectivity index (χ0v) is 16.6. The second-order valence-electron chi connectivity index (χ2n) is 6.54. The molecule has 0 bridgehead atoms. The third-order valence-corrected chi connectivity index (χ3v) is 5.82. The number of aliphatic carboxylic acids is 1. The van der Waals surface area contributed by atoms with Crippen LogP contribution in [0.3, 0.4) is 0 Å². The van der Waals surface area contributed by atoms with E-state index in [1.54, 1.807) is 24.3 Å². The maximum absolute atomic E-state index is 12.6. The Bertz CT molecular complexity index is 1080. The van der Waals surface area contributed by atoms with Crippen molar-refractivity contribution >= 4 is 16.0 Å². The Balaban J connectivity index is 1.74. The molecule has 3 rings (SSSR count). The predicted octanol–water partition coefficient (Wildman–Crippen LogP) is 3.76. The van der Waals surface area contributed by atoms with Crippen LogP contribution in [0.4, 0.5) is 0 Å². The molecule has 0 aromatic heterocycles. The van der Waals surface area contributed by atoms with E-state index in [0.717, 1.165) is 11.1 Å². The summed E-state index contributed by atoms with van der Waals surface area (Å²) in [6, 6.07) is 20.9. The summed E-state index contributed by atoms with van der Waals surface area (Å²) >= 11 is 0. The number of hydrogen-bond acceptors (Lipinski definition) is 4. The number of hydrogen-bond donors (Lipinski definition) is 2. The van der Waals surface area contributed by atoms with E-state index in [1.807, 2.05) is 37.3 Å². The molecule has 3 aromatic rings. The minimum atomic E-state index is -4.01. The Kier molecular flexibility index (Phi) is 6.31. The van der Waals surface area contributed by atoms with Crippen molar-refractivity contribution in [2.75, 3.05) is 0 Å². The third kappa shape index (κ3) is 5.43. The maximum atomic E-state index is 12.6. The van der Waals surface area contributed by atoms with E-state index < -0.39 is 22.0 Å². The van der Waals surface area contributed by atoms with Gasteiger partial charge in [-0.1, -0.05) is 48.5 Å². The van der Waals surface area contributed by atoms with Crippen LogP contribution < -0.4 is 9.46 Å². The highest BCUT2D eigenvalue weighted by Crippen LogP contribution is 2.25. The van der Waals surface area contributed by atoms with E-state index in [4.69, 9.17) is 4.74 Å². The molecule has 0 heterocycles. The van der Waals surface area contributed by atoms with Gasteiger partial charge in [-0.2, -0.15) is 4.72 Å². The summed E-state index contributed by atoms with van der Waals surface area (Å²) in [6.45, 7) is 1.91. The lowest BCUT2D eigenvalue weighted by Gasteiger charge is -2.15. The molecule has 0 aliphatic carbocycles. The topological polar surface area (TPSA) is 92.7 Å². The minimum absolute atomic E-state index is 0.0334. The molecule has 0 radical (unpaired) electrons. The highest BCUT2D eigenvalue weighted by atomic mass is 32.2. The molecule has 7 heteroatoms. The SMILES string of the molecule is Cc1ccccc1Oc1ccc(S(=O)(=O)NC(Cc2ccccc2)C(=O)O)cc1. The Morgan fingerprint density at radius 2 is 1.59 bits per heavy atom. The van der Waals surface area contributed by atoms with Crippen LogP contribution >= 0.6 is 0 Å². The number of sulfonamides is 1. The van der Waals surface area contributed by atoms with Crippen LogP contribution in [0.1, 0.15) is 11.1 Å². The van der Waals surface area contributed by atoms with Crippen molar-refractivity contribution in [2.45, 2.75) is 24.3 Å². The lowest BCUT2D eigenvalue weighted by Crippen LogP contribution is -2.42. The minimum Gasteiger partial charge on any atom is -0.480 e. The highest BCUT2D eigenvalue weighted by Gasteiger charge is 2.25. The summed E-state index contributed by atoms with van der Waals surface area (Å²) in [7, 11) is -4.01. The van der Waals surface area contributed by atoms with Crippen LogP contribution in [0, 0.1) is 6.92 Å². The number of carboxylic acid groups (broad SMARTS) is 1. The maximum Gasteiger partial charge on any atom is 0.322 e. The number of aryl methyl sites for hydroxylation is 1. The summed E-state index contributed by atoms with van der Waals surface area (Å²) in [4.78, 5) is 11.5. The van der Waals surface area contributed by atoms with E-state index in [0.29, 0.717) is 11.5 Å². The molecule has 0 amide bonds. The monoisotopic (exact) mass is 411 g/mol. The number of rotatable bonds is 8. The molecule has 29 heavy (non-hydrogen) atoms. The van der Waals surface area contributed by atoms with Gasteiger partial charge in [0.1, 0.15) is 17.5 Å². The highest BCUT2D eigenvalue weighted by molar-refractivity contribution is 7.89. The van der Waals surface area contributed by atoms with Crippen LogP contribution in [0.2, 0.25) is 0 Å². The van der Waals surface area contributed by atoms with Crippen LogP contribution in [-0.4, -0.2) is 25.5 Å². The Labute approximate surface area is 169 Å². The second kappa shape index (κ2) is 8.89. The number of benzene rings is 3. The van der Waals surface area contributed by atoms with Gasteiger partial charge in [0.2, 0.25) is 10.0 Å². The van der Waals surface area contributed by atoms with Gasteiger partial charge in [-0.05, 0) is 54.8 Å². The number of carbonyl (C=O) groups is 1. The standard InChI is InChI=1S/C22H21NO5S/c1-16-7-5-6-10-21(16)28-18-11-13-19(14-12-18)29(26,27)23-20(22(24)25)15-17-8-3-2-4-9-17/h2-14,20,23H,15H2,1H3,(H,24,25). The Hall–Kier alpha value is -3.16. The van der Waals surface area contributed by atoms with Crippen molar-refractivity contribution in [3.63, 3.8) is 0 Å². The number of nitrogens with one attached hydrogen (secondary N) is 1. The summed E-state index contributed by atoms with van der Waals surface area (Å²) in [5, 5.41) is 9.43. The first kappa shape index (κ1) is 20.6. The molecule has 0 saturated heterocycles.